The van der Waals surface area contributed by atoms with Gasteiger partial charge in [-0.1, -0.05) is 6.92 Å². The van der Waals surface area contributed by atoms with Crippen molar-refractivity contribution in [3.63, 3.8) is 0 Å². The van der Waals surface area contributed by atoms with Crippen LogP contribution in [0.3, 0.4) is 0 Å². The SMILES string of the molecule is CCNCc1ccnc(Oc2ccc(F)cc2F)c1. The quantitative estimate of drug-likeness (QED) is 0.900. The van der Waals surface area contributed by atoms with Gasteiger partial charge in [-0.05, 0) is 30.3 Å². The zero-order chi connectivity index (χ0) is 13.7. The van der Waals surface area contributed by atoms with Crippen molar-refractivity contribution in [1.82, 2.24) is 10.3 Å². The smallest absolute Gasteiger partial charge is 0.219 e. The van der Waals surface area contributed by atoms with Crippen molar-refractivity contribution in [2.45, 2.75) is 13.5 Å². The van der Waals surface area contributed by atoms with Gasteiger partial charge >= 0.3 is 0 Å². The molecule has 3 nitrogen and oxygen atoms in total. The molecule has 100 valence electrons. The Morgan fingerprint density at radius 1 is 1.21 bits per heavy atom. The number of ether oxygens (including phenoxy) is 1. The number of halogens is 2. The number of aromatic nitrogens is 1. The first kappa shape index (κ1) is 13.4. The highest BCUT2D eigenvalue weighted by Gasteiger charge is 2.07. The van der Waals surface area contributed by atoms with E-state index >= 15 is 0 Å². The van der Waals surface area contributed by atoms with E-state index < -0.39 is 11.6 Å². The fourth-order valence-corrected chi connectivity index (χ4v) is 1.56. The molecule has 0 amide bonds. The molecular weight excluding hydrogens is 250 g/mol. The zero-order valence-corrected chi connectivity index (χ0v) is 10.5. The number of nitrogens with one attached hydrogen (secondary N) is 1. The predicted molar refractivity (Wildman–Crippen MR) is 68.0 cm³/mol. The van der Waals surface area contributed by atoms with Crippen molar-refractivity contribution in [3.8, 4) is 11.6 Å². The molecule has 0 radical (unpaired) electrons. The number of rotatable bonds is 5. The number of hydrogen-bond acceptors (Lipinski definition) is 3. The standard InChI is InChI=1S/C14H14F2N2O/c1-2-17-9-10-5-6-18-14(7-10)19-13-4-3-11(15)8-12(13)16/h3-8,17H,2,9H2,1H3. The maximum absolute atomic E-state index is 13.4. The molecule has 19 heavy (non-hydrogen) atoms. The highest BCUT2D eigenvalue weighted by Crippen LogP contribution is 2.23. The Labute approximate surface area is 110 Å². The zero-order valence-electron chi connectivity index (χ0n) is 10.5. The molecular formula is C14H14F2N2O. The maximum atomic E-state index is 13.4. The van der Waals surface area contributed by atoms with E-state index in [1.807, 2.05) is 13.0 Å². The lowest BCUT2D eigenvalue weighted by molar-refractivity contribution is 0.423. The molecule has 0 aliphatic rings. The van der Waals surface area contributed by atoms with Crippen LogP contribution in [0, 0.1) is 11.6 Å². The second kappa shape index (κ2) is 6.24. The first-order chi connectivity index (χ1) is 9.19. The first-order valence-electron chi connectivity index (χ1n) is 5.97. The summed E-state index contributed by atoms with van der Waals surface area (Å²) in [6, 6.07) is 6.71. The number of nitrogens with zero attached hydrogens (tertiary/aromatic N) is 1. The summed E-state index contributed by atoms with van der Waals surface area (Å²) in [5.41, 5.74) is 0.981. The lowest BCUT2D eigenvalue weighted by Crippen LogP contribution is -2.11. The van der Waals surface area contributed by atoms with Crippen LogP contribution in [0.2, 0.25) is 0 Å². The largest absolute Gasteiger partial charge is 0.436 e. The summed E-state index contributed by atoms with van der Waals surface area (Å²) in [7, 11) is 0. The number of benzene rings is 1. The van der Waals surface area contributed by atoms with E-state index in [9.17, 15) is 8.78 Å². The highest BCUT2D eigenvalue weighted by molar-refractivity contribution is 5.30. The van der Waals surface area contributed by atoms with Gasteiger partial charge in [0, 0.05) is 24.9 Å². The van der Waals surface area contributed by atoms with E-state index in [1.54, 1.807) is 12.3 Å². The third kappa shape index (κ3) is 3.72. The van der Waals surface area contributed by atoms with Gasteiger partial charge in [-0.2, -0.15) is 0 Å². The Morgan fingerprint density at radius 2 is 2.05 bits per heavy atom. The molecule has 1 heterocycles. The average Bonchev–Trinajstić information content (AvgIpc) is 2.40. The fraction of sp³-hybridized carbons (Fsp3) is 0.214. The molecule has 1 N–H and O–H groups in total. The van der Waals surface area contributed by atoms with Crippen LogP contribution in [0.1, 0.15) is 12.5 Å². The van der Waals surface area contributed by atoms with Gasteiger partial charge in [0.05, 0.1) is 0 Å². The lowest BCUT2D eigenvalue weighted by atomic mass is 10.2. The third-order valence-corrected chi connectivity index (χ3v) is 2.49. The Morgan fingerprint density at radius 3 is 2.79 bits per heavy atom. The van der Waals surface area contributed by atoms with Crippen molar-refractivity contribution < 1.29 is 13.5 Å². The van der Waals surface area contributed by atoms with E-state index in [-0.39, 0.29) is 11.6 Å². The van der Waals surface area contributed by atoms with Gasteiger partial charge in [-0.15, -0.1) is 0 Å². The maximum Gasteiger partial charge on any atom is 0.219 e. The average molecular weight is 264 g/mol. The van der Waals surface area contributed by atoms with Crippen molar-refractivity contribution >= 4 is 0 Å². The summed E-state index contributed by atoms with van der Waals surface area (Å²) >= 11 is 0. The fourth-order valence-electron chi connectivity index (χ4n) is 1.56. The monoisotopic (exact) mass is 264 g/mol. The van der Waals surface area contributed by atoms with Crippen LogP contribution in [-0.4, -0.2) is 11.5 Å². The van der Waals surface area contributed by atoms with E-state index in [1.165, 1.54) is 6.07 Å². The van der Waals surface area contributed by atoms with Gasteiger partial charge in [0.2, 0.25) is 5.88 Å². The molecule has 2 rings (SSSR count). The van der Waals surface area contributed by atoms with Crippen LogP contribution in [0.4, 0.5) is 8.78 Å². The topological polar surface area (TPSA) is 34.2 Å². The minimum absolute atomic E-state index is 0.0468. The summed E-state index contributed by atoms with van der Waals surface area (Å²) in [5.74, 6) is -1.16. The summed E-state index contributed by atoms with van der Waals surface area (Å²) in [5, 5.41) is 3.17. The summed E-state index contributed by atoms with van der Waals surface area (Å²) in [6.07, 6.45) is 1.59. The first-order valence-corrected chi connectivity index (χ1v) is 5.97. The molecule has 0 fully saturated rings. The molecule has 0 saturated heterocycles. The third-order valence-electron chi connectivity index (χ3n) is 2.49. The molecule has 1 aromatic carbocycles. The van der Waals surface area contributed by atoms with Crippen molar-refractivity contribution in [3.05, 3.63) is 53.7 Å². The molecule has 0 atom stereocenters. The van der Waals surface area contributed by atoms with Gasteiger partial charge in [-0.25, -0.2) is 13.8 Å². The lowest BCUT2D eigenvalue weighted by Gasteiger charge is -2.07. The highest BCUT2D eigenvalue weighted by atomic mass is 19.1. The van der Waals surface area contributed by atoms with Crippen LogP contribution in [0.25, 0.3) is 0 Å². The molecule has 0 spiro atoms. The van der Waals surface area contributed by atoms with E-state index in [0.717, 1.165) is 24.2 Å². The second-order valence-electron chi connectivity index (χ2n) is 3.96. The number of pyridine rings is 1. The van der Waals surface area contributed by atoms with Crippen molar-refractivity contribution in [1.29, 1.82) is 0 Å². The van der Waals surface area contributed by atoms with Crippen LogP contribution in [-0.2, 0) is 6.54 Å². The van der Waals surface area contributed by atoms with Gasteiger partial charge in [0.1, 0.15) is 5.82 Å². The Kier molecular flexibility index (Phi) is 4.41. The van der Waals surface area contributed by atoms with Crippen LogP contribution < -0.4 is 10.1 Å². The molecule has 0 bridgehead atoms. The summed E-state index contributed by atoms with van der Waals surface area (Å²) in [6.45, 7) is 3.54. The van der Waals surface area contributed by atoms with E-state index in [0.29, 0.717) is 6.54 Å². The van der Waals surface area contributed by atoms with Gasteiger partial charge in [-0.3, -0.25) is 0 Å². The minimum Gasteiger partial charge on any atom is -0.436 e. The van der Waals surface area contributed by atoms with Crippen LogP contribution in [0.15, 0.2) is 36.5 Å². The second-order valence-corrected chi connectivity index (χ2v) is 3.96. The van der Waals surface area contributed by atoms with Gasteiger partial charge in [0.15, 0.2) is 11.6 Å². The Balaban J connectivity index is 2.14. The minimum atomic E-state index is -0.751. The van der Waals surface area contributed by atoms with Crippen LogP contribution in [0.5, 0.6) is 11.6 Å². The summed E-state index contributed by atoms with van der Waals surface area (Å²) < 4.78 is 31.5. The van der Waals surface area contributed by atoms with Crippen molar-refractivity contribution in [2.24, 2.45) is 0 Å². The van der Waals surface area contributed by atoms with E-state index in [2.05, 4.69) is 10.3 Å². The molecule has 0 aliphatic carbocycles. The molecule has 0 unspecified atom stereocenters. The predicted octanol–water partition coefficient (Wildman–Crippen LogP) is 3.26. The molecule has 0 aliphatic heterocycles. The normalized spacial score (nSPS) is 10.5. The molecule has 2 aromatic rings. The molecule has 1 aromatic heterocycles. The Bertz CT molecular complexity index is 561. The number of hydrogen-bond donors (Lipinski definition) is 1. The summed E-state index contributed by atoms with van der Waals surface area (Å²) in [4.78, 5) is 4.00. The molecule has 5 heteroatoms. The molecule has 0 saturated carbocycles. The van der Waals surface area contributed by atoms with Crippen molar-refractivity contribution in [2.75, 3.05) is 6.54 Å². The van der Waals surface area contributed by atoms with Gasteiger partial charge in [0.25, 0.3) is 0 Å². The van der Waals surface area contributed by atoms with Crippen LogP contribution >= 0.6 is 0 Å². The Hall–Kier alpha value is -2.01. The van der Waals surface area contributed by atoms with Gasteiger partial charge < -0.3 is 10.1 Å². The van der Waals surface area contributed by atoms with E-state index in [4.69, 9.17) is 4.74 Å².